The van der Waals surface area contributed by atoms with E-state index in [1.807, 2.05) is 4.90 Å². The summed E-state index contributed by atoms with van der Waals surface area (Å²) >= 11 is 2.13. The Morgan fingerprint density at radius 1 is 1.21 bits per heavy atom. The van der Waals surface area contributed by atoms with E-state index >= 15 is 0 Å². The second-order valence-corrected chi connectivity index (χ2v) is 5.86. The molecular formula is C11H24N2S+2. The van der Waals surface area contributed by atoms with Crippen LogP contribution < -0.4 is 10.2 Å². The molecule has 0 saturated carbocycles. The van der Waals surface area contributed by atoms with Gasteiger partial charge in [-0.15, -0.1) is 0 Å². The third-order valence-corrected chi connectivity index (χ3v) is 4.71. The van der Waals surface area contributed by atoms with Gasteiger partial charge < -0.3 is 10.2 Å². The third kappa shape index (κ3) is 3.44. The first-order chi connectivity index (χ1) is 6.95. The van der Waals surface area contributed by atoms with Crippen molar-refractivity contribution in [3.63, 3.8) is 0 Å². The number of quaternary nitrogens is 2. The second-order valence-electron chi connectivity index (χ2n) is 4.71. The van der Waals surface area contributed by atoms with E-state index in [-0.39, 0.29) is 0 Å². The Balaban J connectivity index is 1.52. The van der Waals surface area contributed by atoms with Crippen LogP contribution in [-0.2, 0) is 0 Å². The van der Waals surface area contributed by atoms with E-state index in [9.17, 15) is 0 Å². The molecule has 0 aromatic heterocycles. The molecule has 2 saturated heterocycles. The predicted octanol–water partition coefficient (Wildman–Crippen LogP) is -0.876. The first-order valence-electron chi connectivity index (χ1n) is 6.20. The fourth-order valence-corrected chi connectivity index (χ4v) is 3.81. The van der Waals surface area contributed by atoms with E-state index in [4.69, 9.17) is 0 Å². The molecule has 0 aromatic carbocycles. The Kier molecular flexibility index (Phi) is 4.61. The Morgan fingerprint density at radius 3 is 2.79 bits per heavy atom. The summed E-state index contributed by atoms with van der Waals surface area (Å²) in [6.07, 6.45) is 5.86. The van der Waals surface area contributed by atoms with Gasteiger partial charge in [0.15, 0.2) is 0 Å². The quantitative estimate of drug-likeness (QED) is 0.626. The summed E-state index contributed by atoms with van der Waals surface area (Å²) in [5.74, 6) is 2.80. The van der Waals surface area contributed by atoms with Crippen molar-refractivity contribution >= 4 is 11.8 Å². The number of rotatable bonds is 4. The van der Waals surface area contributed by atoms with Gasteiger partial charge in [0.05, 0.1) is 19.1 Å². The highest BCUT2D eigenvalue weighted by atomic mass is 32.2. The minimum atomic E-state index is 0.948. The van der Waals surface area contributed by atoms with E-state index < -0.39 is 0 Å². The van der Waals surface area contributed by atoms with Gasteiger partial charge in [-0.25, -0.2) is 0 Å². The Hall–Kier alpha value is 0.270. The Labute approximate surface area is 91.8 Å². The average molecular weight is 216 g/mol. The topological polar surface area (TPSA) is 21.1 Å². The van der Waals surface area contributed by atoms with Gasteiger partial charge in [-0.2, -0.15) is 11.8 Å². The summed E-state index contributed by atoms with van der Waals surface area (Å²) in [6.45, 7) is 5.64. The smallest absolute Gasteiger partial charge is 0.127 e. The van der Waals surface area contributed by atoms with Crippen LogP contribution in [0, 0.1) is 0 Å². The molecular weight excluding hydrogens is 192 g/mol. The van der Waals surface area contributed by atoms with Gasteiger partial charge in [-0.1, -0.05) is 0 Å². The van der Waals surface area contributed by atoms with Gasteiger partial charge in [-0.05, 0) is 25.0 Å². The minimum absolute atomic E-state index is 0.948. The minimum Gasteiger partial charge on any atom is -0.338 e. The number of nitrogens with two attached hydrogens (primary N) is 1. The monoisotopic (exact) mass is 216 g/mol. The highest BCUT2D eigenvalue weighted by molar-refractivity contribution is 7.99. The molecule has 3 heteroatoms. The van der Waals surface area contributed by atoms with Crippen LogP contribution in [0.25, 0.3) is 0 Å². The van der Waals surface area contributed by atoms with Crippen molar-refractivity contribution in [3.05, 3.63) is 0 Å². The van der Waals surface area contributed by atoms with Crippen molar-refractivity contribution in [2.75, 3.05) is 37.7 Å². The lowest BCUT2D eigenvalue weighted by Gasteiger charge is -2.23. The molecule has 0 aromatic rings. The highest BCUT2D eigenvalue weighted by Crippen LogP contribution is 2.13. The molecule has 2 aliphatic rings. The molecule has 0 spiro atoms. The summed E-state index contributed by atoms with van der Waals surface area (Å²) in [6, 6.07) is 0.948. The van der Waals surface area contributed by atoms with Gasteiger partial charge in [0.2, 0.25) is 0 Å². The molecule has 1 unspecified atom stereocenters. The van der Waals surface area contributed by atoms with Crippen LogP contribution in [0.2, 0.25) is 0 Å². The largest absolute Gasteiger partial charge is 0.338 e. The van der Waals surface area contributed by atoms with Gasteiger partial charge in [0.1, 0.15) is 13.1 Å². The van der Waals surface area contributed by atoms with E-state index in [1.165, 1.54) is 63.4 Å². The van der Waals surface area contributed by atoms with Gasteiger partial charge in [0, 0.05) is 12.2 Å². The fourth-order valence-electron chi connectivity index (χ4n) is 2.56. The molecule has 2 aliphatic heterocycles. The van der Waals surface area contributed by atoms with E-state index in [0.717, 1.165) is 6.04 Å². The zero-order valence-corrected chi connectivity index (χ0v) is 9.95. The average Bonchev–Trinajstić information content (AvgIpc) is 2.72. The van der Waals surface area contributed by atoms with E-state index in [2.05, 4.69) is 17.1 Å². The van der Waals surface area contributed by atoms with Gasteiger partial charge >= 0.3 is 0 Å². The molecule has 2 rings (SSSR count). The molecule has 2 heterocycles. The van der Waals surface area contributed by atoms with E-state index in [0.29, 0.717) is 0 Å². The Bertz CT molecular complexity index is 151. The molecule has 0 amide bonds. The van der Waals surface area contributed by atoms with Crippen LogP contribution in [0.5, 0.6) is 0 Å². The molecule has 1 atom stereocenters. The van der Waals surface area contributed by atoms with E-state index in [1.54, 1.807) is 0 Å². The van der Waals surface area contributed by atoms with Crippen LogP contribution in [0.4, 0.5) is 0 Å². The molecule has 82 valence electrons. The van der Waals surface area contributed by atoms with Crippen molar-refractivity contribution in [1.82, 2.24) is 0 Å². The van der Waals surface area contributed by atoms with Crippen LogP contribution in [-0.4, -0.2) is 43.7 Å². The zero-order chi connectivity index (χ0) is 9.64. The second kappa shape index (κ2) is 5.99. The molecule has 0 radical (unpaired) electrons. The highest BCUT2D eigenvalue weighted by Gasteiger charge is 2.19. The molecule has 2 fully saturated rings. The SMILES string of the molecule is C1CC[NH+](CC[NH2+]C2CCSC2)CC1. The summed E-state index contributed by atoms with van der Waals surface area (Å²) in [4.78, 5) is 1.86. The van der Waals surface area contributed by atoms with Crippen molar-refractivity contribution < 1.29 is 10.2 Å². The molecule has 14 heavy (non-hydrogen) atoms. The van der Waals surface area contributed by atoms with Crippen LogP contribution in [0.3, 0.4) is 0 Å². The lowest BCUT2D eigenvalue weighted by Crippen LogP contribution is -3.15. The summed E-state index contributed by atoms with van der Waals surface area (Å²) in [7, 11) is 0. The summed E-state index contributed by atoms with van der Waals surface area (Å²) in [5, 5.41) is 2.60. The third-order valence-electron chi connectivity index (χ3n) is 3.52. The summed E-state index contributed by atoms with van der Waals surface area (Å²) < 4.78 is 0. The molecule has 3 N–H and O–H groups in total. The van der Waals surface area contributed by atoms with Gasteiger partial charge in [0.25, 0.3) is 0 Å². The molecule has 0 aliphatic carbocycles. The van der Waals surface area contributed by atoms with Crippen molar-refractivity contribution in [1.29, 1.82) is 0 Å². The molecule has 2 nitrogen and oxygen atoms in total. The number of hydrogen-bond acceptors (Lipinski definition) is 1. The maximum absolute atomic E-state index is 2.60. The van der Waals surface area contributed by atoms with Crippen molar-refractivity contribution in [2.24, 2.45) is 0 Å². The number of likely N-dealkylation sites (tertiary alicyclic amines) is 1. The molecule has 0 bridgehead atoms. The van der Waals surface area contributed by atoms with Crippen LogP contribution in [0.15, 0.2) is 0 Å². The van der Waals surface area contributed by atoms with Crippen LogP contribution >= 0.6 is 11.8 Å². The maximum atomic E-state index is 2.60. The number of piperidine rings is 1. The maximum Gasteiger partial charge on any atom is 0.127 e. The first-order valence-corrected chi connectivity index (χ1v) is 7.35. The number of hydrogen-bond donors (Lipinski definition) is 2. The van der Waals surface area contributed by atoms with Crippen LogP contribution in [0.1, 0.15) is 25.7 Å². The van der Waals surface area contributed by atoms with Crippen molar-refractivity contribution in [3.8, 4) is 0 Å². The van der Waals surface area contributed by atoms with Gasteiger partial charge in [-0.3, -0.25) is 0 Å². The Morgan fingerprint density at radius 2 is 2.07 bits per heavy atom. The standard InChI is InChI=1S/C11H22N2S/c1-2-6-13(7-3-1)8-5-12-11-4-9-14-10-11/h11-12H,1-10H2/p+2. The first kappa shape index (κ1) is 10.8. The predicted molar refractivity (Wildman–Crippen MR) is 61.9 cm³/mol. The normalized spacial score (nSPS) is 29.6. The summed E-state index contributed by atoms with van der Waals surface area (Å²) in [5.41, 5.74) is 0. The van der Waals surface area contributed by atoms with Crippen molar-refractivity contribution in [2.45, 2.75) is 31.7 Å². The zero-order valence-electron chi connectivity index (χ0n) is 9.13. The fraction of sp³-hybridized carbons (Fsp3) is 1.00. The number of nitrogens with one attached hydrogen (secondary N) is 1. The number of thioether (sulfide) groups is 1. The lowest BCUT2D eigenvalue weighted by molar-refractivity contribution is -0.918. The lowest BCUT2D eigenvalue weighted by atomic mass is 10.1.